The second kappa shape index (κ2) is 6.51. The lowest BCUT2D eigenvalue weighted by Gasteiger charge is -2.15. The Balaban J connectivity index is 2.00. The van der Waals surface area contributed by atoms with Crippen LogP contribution in [0.15, 0.2) is 35.2 Å². The first-order chi connectivity index (χ1) is 11.8. The minimum absolute atomic E-state index is 0.0198. The third-order valence-electron chi connectivity index (χ3n) is 3.69. The fraction of sp³-hybridized carbons (Fsp3) is 0.294. The number of benzene rings is 2. The van der Waals surface area contributed by atoms with Crippen LogP contribution in [0.4, 0.5) is 14.5 Å². The van der Waals surface area contributed by atoms with Gasteiger partial charge in [0.25, 0.3) is 10.0 Å². The SMILES string of the molecule is CCOc1cc2c(cc1NS(=O)(=O)c1cc(F)cc(F)c1)OC(C)C2. The van der Waals surface area contributed by atoms with Gasteiger partial charge < -0.3 is 9.47 Å². The van der Waals surface area contributed by atoms with Crippen molar-refractivity contribution in [3.05, 3.63) is 47.5 Å². The summed E-state index contributed by atoms with van der Waals surface area (Å²) in [5.41, 5.74) is 1.06. The van der Waals surface area contributed by atoms with Crippen molar-refractivity contribution >= 4 is 15.7 Å². The number of hydrogen-bond donors (Lipinski definition) is 1. The molecule has 1 N–H and O–H groups in total. The summed E-state index contributed by atoms with van der Waals surface area (Å²) in [5.74, 6) is -1.06. The molecule has 1 aliphatic rings. The number of ether oxygens (including phenoxy) is 2. The molecule has 2 aromatic rings. The summed E-state index contributed by atoms with van der Waals surface area (Å²) >= 11 is 0. The first-order valence-corrected chi connectivity index (χ1v) is 9.22. The average Bonchev–Trinajstić information content (AvgIpc) is 2.85. The molecule has 1 atom stereocenters. The van der Waals surface area contributed by atoms with Crippen LogP contribution in [0.5, 0.6) is 11.5 Å². The van der Waals surface area contributed by atoms with Crippen LogP contribution >= 0.6 is 0 Å². The van der Waals surface area contributed by atoms with Gasteiger partial charge in [0.05, 0.1) is 17.2 Å². The van der Waals surface area contributed by atoms with E-state index in [1.165, 1.54) is 6.07 Å². The molecular weight excluding hydrogens is 352 g/mol. The fourth-order valence-electron chi connectivity index (χ4n) is 2.68. The van der Waals surface area contributed by atoms with E-state index in [9.17, 15) is 17.2 Å². The normalized spacial score (nSPS) is 16.2. The molecule has 5 nitrogen and oxygen atoms in total. The van der Waals surface area contributed by atoms with Crippen LogP contribution in [0.25, 0.3) is 0 Å². The van der Waals surface area contributed by atoms with Gasteiger partial charge in [-0.1, -0.05) is 0 Å². The topological polar surface area (TPSA) is 64.6 Å². The average molecular weight is 369 g/mol. The van der Waals surface area contributed by atoms with Gasteiger partial charge in [-0.05, 0) is 32.0 Å². The number of halogens is 2. The molecule has 1 unspecified atom stereocenters. The molecule has 134 valence electrons. The minimum atomic E-state index is -4.20. The summed E-state index contributed by atoms with van der Waals surface area (Å²) in [5, 5.41) is 0. The maximum atomic E-state index is 13.3. The first kappa shape index (κ1) is 17.5. The van der Waals surface area contributed by atoms with Gasteiger partial charge in [-0.15, -0.1) is 0 Å². The Kier molecular flexibility index (Phi) is 4.55. The largest absolute Gasteiger partial charge is 0.492 e. The lowest BCUT2D eigenvalue weighted by Crippen LogP contribution is -2.14. The summed E-state index contributed by atoms with van der Waals surface area (Å²) in [6.07, 6.45) is 0.672. The van der Waals surface area contributed by atoms with Gasteiger partial charge in [-0.25, -0.2) is 17.2 Å². The summed E-state index contributed by atoms with van der Waals surface area (Å²) in [7, 11) is -4.20. The summed E-state index contributed by atoms with van der Waals surface area (Å²) in [6.45, 7) is 4.00. The second-order valence-corrected chi connectivity index (χ2v) is 7.41. The number of hydrogen-bond acceptors (Lipinski definition) is 4. The zero-order valence-electron chi connectivity index (χ0n) is 13.7. The van der Waals surface area contributed by atoms with Gasteiger partial charge in [0.15, 0.2) is 0 Å². The van der Waals surface area contributed by atoms with Crippen molar-refractivity contribution in [1.82, 2.24) is 0 Å². The number of anilines is 1. The Morgan fingerprint density at radius 2 is 1.88 bits per heavy atom. The van der Waals surface area contributed by atoms with Crippen molar-refractivity contribution < 1.29 is 26.7 Å². The van der Waals surface area contributed by atoms with Crippen molar-refractivity contribution in [2.24, 2.45) is 0 Å². The van der Waals surface area contributed by atoms with Crippen LogP contribution in [0.2, 0.25) is 0 Å². The molecule has 0 amide bonds. The molecule has 0 bridgehead atoms. The minimum Gasteiger partial charge on any atom is -0.492 e. The molecule has 2 aromatic carbocycles. The van der Waals surface area contributed by atoms with E-state index in [2.05, 4.69) is 4.72 Å². The van der Waals surface area contributed by atoms with Crippen LogP contribution in [0.3, 0.4) is 0 Å². The first-order valence-electron chi connectivity index (χ1n) is 7.74. The van der Waals surface area contributed by atoms with Crippen molar-refractivity contribution in [2.75, 3.05) is 11.3 Å². The maximum absolute atomic E-state index is 13.3. The van der Waals surface area contributed by atoms with Crippen molar-refractivity contribution in [1.29, 1.82) is 0 Å². The van der Waals surface area contributed by atoms with Crippen molar-refractivity contribution in [2.45, 2.75) is 31.3 Å². The zero-order valence-corrected chi connectivity index (χ0v) is 14.5. The highest BCUT2D eigenvalue weighted by Crippen LogP contribution is 2.38. The quantitative estimate of drug-likeness (QED) is 0.876. The van der Waals surface area contributed by atoms with Crippen LogP contribution < -0.4 is 14.2 Å². The van der Waals surface area contributed by atoms with Gasteiger partial charge >= 0.3 is 0 Å². The van der Waals surface area contributed by atoms with E-state index >= 15 is 0 Å². The Morgan fingerprint density at radius 1 is 1.20 bits per heavy atom. The van der Waals surface area contributed by atoms with Gasteiger partial charge in [-0.2, -0.15) is 0 Å². The lowest BCUT2D eigenvalue weighted by atomic mass is 10.1. The third-order valence-corrected chi connectivity index (χ3v) is 5.03. The molecule has 0 aliphatic carbocycles. The van der Waals surface area contributed by atoms with E-state index in [0.717, 1.165) is 17.7 Å². The van der Waals surface area contributed by atoms with E-state index in [0.29, 0.717) is 30.6 Å². The van der Waals surface area contributed by atoms with Crippen molar-refractivity contribution in [3.63, 3.8) is 0 Å². The van der Waals surface area contributed by atoms with Crippen molar-refractivity contribution in [3.8, 4) is 11.5 Å². The Labute approximate surface area is 144 Å². The number of rotatable bonds is 5. The Morgan fingerprint density at radius 3 is 2.52 bits per heavy atom. The molecule has 0 radical (unpaired) electrons. The molecule has 0 aromatic heterocycles. The molecule has 0 spiro atoms. The Bertz CT molecular complexity index is 895. The van der Waals surface area contributed by atoms with Crippen LogP contribution in [-0.2, 0) is 16.4 Å². The molecular formula is C17H17F2NO4S. The van der Waals surface area contributed by atoms with Gasteiger partial charge in [0, 0.05) is 24.1 Å². The number of sulfonamides is 1. The highest BCUT2D eigenvalue weighted by molar-refractivity contribution is 7.92. The van der Waals surface area contributed by atoms with E-state index < -0.39 is 26.6 Å². The highest BCUT2D eigenvalue weighted by Gasteiger charge is 2.25. The molecule has 8 heteroatoms. The standard InChI is InChI=1S/C17H17F2NO4S/c1-3-23-17-5-11-4-10(2)24-16(11)9-15(17)20-25(21,22)14-7-12(18)6-13(19)8-14/h5-10,20H,3-4H2,1-2H3. The lowest BCUT2D eigenvalue weighted by molar-refractivity contribution is 0.254. The fourth-order valence-corrected chi connectivity index (χ4v) is 3.78. The van der Waals surface area contributed by atoms with E-state index in [1.807, 2.05) is 6.92 Å². The van der Waals surface area contributed by atoms with E-state index in [-0.39, 0.29) is 11.8 Å². The Hall–Kier alpha value is -2.35. The smallest absolute Gasteiger partial charge is 0.262 e. The molecule has 0 saturated heterocycles. The molecule has 0 fully saturated rings. The zero-order chi connectivity index (χ0) is 18.2. The van der Waals surface area contributed by atoms with Crippen LogP contribution in [0.1, 0.15) is 19.4 Å². The highest BCUT2D eigenvalue weighted by atomic mass is 32.2. The molecule has 0 saturated carbocycles. The van der Waals surface area contributed by atoms with E-state index in [1.54, 1.807) is 13.0 Å². The van der Waals surface area contributed by atoms with Crippen LogP contribution in [-0.4, -0.2) is 21.1 Å². The number of fused-ring (bicyclic) bond motifs is 1. The molecule has 1 aliphatic heterocycles. The number of nitrogens with one attached hydrogen (secondary N) is 1. The van der Waals surface area contributed by atoms with Gasteiger partial charge in [0.2, 0.25) is 0 Å². The maximum Gasteiger partial charge on any atom is 0.262 e. The molecule has 25 heavy (non-hydrogen) atoms. The predicted octanol–water partition coefficient (Wildman–Crippen LogP) is 3.49. The summed E-state index contributed by atoms with van der Waals surface area (Å²) < 4.78 is 65.1. The molecule has 1 heterocycles. The molecule has 3 rings (SSSR count). The van der Waals surface area contributed by atoms with E-state index in [4.69, 9.17) is 9.47 Å². The predicted molar refractivity (Wildman–Crippen MR) is 88.6 cm³/mol. The van der Waals surface area contributed by atoms with Gasteiger partial charge in [-0.3, -0.25) is 4.72 Å². The third kappa shape index (κ3) is 3.68. The summed E-state index contributed by atoms with van der Waals surface area (Å²) in [6, 6.07) is 5.34. The monoisotopic (exact) mass is 369 g/mol. The second-order valence-electron chi connectivity index (χ2n) is 5.73. The van der Waals surface area contributed by atoms with Crippen LogP contribution in [0, 0.1) is 11.6 Å². The van der Waals surface area contributed by atoms with Gasteiger partial charge in [0.1, 0.15) is 29.2 Å². The summed E-state index contributed by atoms with van der Waals surface area (Å²) in [4.78, 5) is -0.512.